The van der Waals surface area contributed by atoms with Crippen molar-refractivity contribution in [2.75, 3.05) is 59.1 Å². The van der Waals surface area contributed by atoms with E-state index >= 15 is 0 Å². The van der Waals surface area contributed by atoms with E-state index in [1.807, 2.05) is 18.2 Å². The van der Waals surface area contributed by atoms with E-state index < -0.39 is 0 Å². The van der Waals surface area contributed by atoms with Crippen LogP contribution in [-0.4, -0.2) is 80.9 Å². The lowest BCUT2D eigenvalue weighted by Gasteiger charge is -2.32. The van der Waals surface area contributed by atoms with Crippen LogP contribution in [0.3, 0.4) is 0 Å². The number of ether oxygens (including phenoxy) is 2. The van der Waals surface area contributed by atoms with Gasteiger partial charge in [0.05, 0.1) is 19.8 Å². The van der Waals surface area contributed by atoms with Crippen LogP contribution in [0.25, 0.3) is 0 Å². The minimum absolute atomic E-state index is 0.598. The number of para-hydroxylation sites is 1. The molecule has 1 unspecified atom stereocenters. The van der Waals surface area contributed by atoms with E-state index in [0.717, 1.165) is 63.2 Å². The summed E-state index contributed by atoms with van der Waals surface area (Å²) in [6.45, 7) is 12.3. The zero-order chi connectivity index (χ0) is 18.2. The van der Waals surface area contributed by atoms with Gasteiger partial charge in [-0.25, -0.2) is 4.99 Å². The SMILES string of the molecule is CCNC(=NCCOc1ccccc1C)N1CCC(N2CCOCC2)C1. The second kappa shape index (κ2) is 9.78. The molecule has 2 aliphatic rings. The number of likely N-dealkylation sites (tertiary alicyclic amines) is 1. The predicted molar refractivity (Wildman–Crippen MR) is 105 cm³/mol. The Morgan fingerprint density at radius 1 is 1.27 bits per heavy atom. The third-order valence-corrected chi connectivity index (χ3v) is 5.06. The molecular formula is C20H32N4O2. The van der Waals surface area contributed by atoms with Gasteiger partial charge in [0.2, 0.25) is 0 Å². The van der Waals surface area contributed by atoms with Gasteiger partial charge in [0.1, 0.15) is 12.4 Å². The van der Waals surface area contributed by atoms with Crippen molar-refractivity contribution in [2.45, 2.75) is 26.3 Å². The summed E-state index contributed by atoms with van der Waals surface area (Å²) in [5, 5.41) is 3.44. The molecule has 6 heteroatoms. The molecule has 0 radical (unpaired) electrons. The normalized spacial score (nSPS) is 21.8. The maximum atomic E-state index is 5.87. The molecule has 2 aliphatic heterocycles. The number of aryl methyl sites for hydroxylation is 1. The van der Waals surface area contributed by atoms with E-state index in [4.69, 9.17) is 14.5 Å². The summed E-state index contributed by atoms with van der Waals surface area (Å²) < 4.78 is 11.3. The van der Waals surface area contributed by atoms with Crippen molar-refractivity contribution >= 4 is 5.96 Å². The van der Waals surface area contributed by atoms with Crippen LogP contribution >= 0.6 is 0 Å². The molecule has 0 aliphatic carbocycles. The van der Waals surface area contributed by atoms with Gasteiger partial charge in [0.25, 0.3) is 0 Å². The van der Waals surface area contributed by atoms with Crippen LogP contribution in [0.5, 0.6) is 5.75 Å². The first-order valence-electron chi connectivity index (χ1n) is 9.81. The van der Waals surface area contributed by atoms with Gasteiger partial charge in [-0.3, -0.25) is 4.90 Å². The topological polar surface area (TPSA) is 49.3 Å². The molecule has 1 aromatic rings. The molecule has 0 aromatic heterocycles. The summed E-state index contributed by atoms with van der Waals surface area (Å²) in [6.07, 6.45) is 1.20. The highest BCUT2D eigenvalue weighted by molar-refractivity contribution is 5.80. The number of rotatable bonds is 6. The third-order valence-electron chi connectivity index (χ3n) is 5.06. The molecule has 6 nitrogen and oxygen atoms in total. The van der Waals surface area contributed by atoms with Crippen molar-refractivity contribution < 1.29 is 9.47 Å². The zero-order valence-electron chi connectivity index (χ0n) is 16.1. The Bertz CT molecular complexity index is 587. The molecule has 3 rings (SSSR count). The molecular weight excluding hydrogens is 328 g/mol. The van der Waals surface area contributed by atoms with Gasteiger partial charge < -0.3 is 19.7 Å². The summed E-state index contributed by atoms with van der Waals surface area (Å²) in [7, 11) is 0. The van der Waals surface area contributed by atoms with Crippen LogP contribution < -0.4 is 10.1 Å². The first-order chi connectivity index (χ1) is 12.8. The molecule has 144 valence electrons. The summed E-state index contributed by atoms with van der Waals surface area (Å²) in [6, 6.07) is 8.73. The van der Waals surface area contributed by atoms with Crippen molar-refractivity contribution in [2.24, 2.45) is 4.99 Å². The van der Waals surface area contributed by atoms with E-state index in [9.17, 15) is 0 Å². The third kappa shape index (κ3) is 5.11. The molecule has 2 fully saturated rings. The highest BCUT2D eigenvalue weighted by Crippen LogP contribution is 2.18. The molecule has 2 heterocycles. The van der Waals surface area contributed by atoms with E-state index in [-0.39, 0.29) is 0 Å². The highest BCUT2D eigenvalue weighted by Gasteiger charge is 2.30. The maximum Gasteiger partial charge on any atom is 0.194 e. The van der Waals surface area contributed by atoms with E-state index in [1.54, 1.807) is 0 Å². The first-order valence-corrected chi connectivity index (χ1v) is 9.81. The summed E-state index contributed by atoms with van der Waals surface area (Å²) in [5.41, 5.74) is 1.16. The second-order valence-corrected chi connectivity index (χ2v) is 6.89. The smallest absolute Gasteiger partial charge is 0.194 e. The Balaban J connectivity index is 1.50. The molecule has 1 N–H and O–H groups in total. The average Bonchev–Trinajstić information content (AvgIpc) is 3.16. The molecule has 0 amide bonds. The Morgan fingerprint density at radius 3 is 2.85 bits per heavy atom. The monoisotopic (exact) mass is 360 g/mol. The summed E-state index contributed by atoms with van der Waals surface area (Å²) in [4.78, 5) is 9.73. The van der Waals surface area contributed by atoms with Crippen molar-refractivity contribution in [1.82, 2.24) is 15.1 Å². The number of hydrogen-bond acceptors (Lipinski definition) is 4. The van der Waals surface area contributed by atoms with Crippen molar-refractivity contribution in [3.63, 3.8) is 0 Å². The second-order valence-electron chi connectivity index (χ2n) is 6.89. The molecule has 0 saturated carbocycles. The lowest BCUT2D eigenvalue weighted by Crippen LogP contribution is -2.46. The fraction of sp³-hybridized carbons (Fsp3) is 0.650. The molecule has 1 atom stereocenters. The Morgan fingerprint density at radius 2 is 2.08 bits per heavy atom. The quantitative estimate of drug-likeness (QED) is 0.476. The van der Waals surface area contributed by atoms with Crippen molar-refractivity contribution in [3.05, 3.63) is 29.8 Å². The van der Waals surface area contributed by atoms with Gasteiger partial charge in [-0.2, -0.15) is 0 Å². The highest BCUT2D eigenvalue weighted by atomic mass is 16.5. The fourth-order valence-electron chi connectivity index (χ4n) is 3.63. The van der Waals surface area contributed by atoms with Gasteiger partial charge in [0, 0.05) is 38.8 Å². The van der Waals surface area contributed by atoms with Crippen LogP contribution in [0.15, 0.2) is 29.3 Å². The Kier molecular flexibility index (Phi) is 7.14. The number of aliphatic imine (C=N–C) groups is 1. The van der Waals surface area contributed by atoms with Crippen LogP contribution in [0, 0.1) is 6.92 Å². The number of nitrogens with one attached hydrogen (secondary N) is 1. The molecule has 0 spiro atoms. The van der Waals surface area contributed by atoms with E-state index in [0.29, 0.717) is 19.2 Å². The minimum atomic E-state index is 0.598. The van der Waals surface area contributed by atoms with Crippen LogP contribution in [0.2, 0.25) is 0 Å². The molecule has 0 bridgehead atoms. The van der Waals surface area contributed by atoms with Gasteiger partial charge in [-0.1, -0.05) is 18.2 Å². The lowest BCUT2D eigenvalue weighted by molar-refractivity contribution is 0.0195. The van der Waals surface area contributed by atoms with Gasteiger partial charge in [-0.05, 0) is 31.9 Å². The molecule has 1 aromatic carbocycles. The van der Waals surface area contributed by atoms with Gasteiger partial charge in [0.15, 0.2) is 5.96 Å². The first kappa shape index (κ1) is 19.0. The van der Waals surface area contributed by atoms with Crippen LogP contribution in [0.1, 0.15) is 18.9 Å². The summed E-state index contributed by atoms with van der Waals surface area (Å²) >= 11 is 0. The average molecular weight is 361 g/mol. The van der Waals surface area contributed by atoms with E-state index in [2.05, 4.69) is 35.0 Å². The number of hydrogen-bond donors (Lipinski definition) is 1. The number of benzene rings is 1. The van der Waals surface area contributed by atoms with E-state index in [1.165, 1.54) is 6.42 Å². The minimum Gasteiger partial charge on any atom is -0.491 e. The fourth-order valence-corrected chi connectivity index (χ4v) is 3.63. The number of morpholine rings is 1. The zero-order valence-corrected chi connectivity index (χ0v) is 16.1. The maximum absolute atomic E-state index is 5.87. The molecule has 26 heavy (non-hydrogen) atoms. The number of guanidine groups is 1. The predicted octanol–water partition coefficient (Wildman–Crippen LogP) is 1.75. The Hall–Kier alpha value is -1.79. The van der Waals surface area contributed by atoms with Crippen LogP contribution in [0.4, 0.5) is 0 Å². The summed E-state index contributed by atoms with van der Waals surface area (Å²) in [5.74, 6) is 1.96. The lowest BCUT2D eigenvalue weighted by atomic mass is 10.2. The number of nitrogens with zero attached hydrogens (tertiary/aromatic N) is 3. The molecule has 2 saturated heterocycles. The van der Waals surface area contributed by atoms with Crippen molar-refractivity contribution in [1.29, 1.82) is 0 Å². The van der Waals surface area contributed by atoms with Gasteiger partial charge >= 0.3 is 0 Å². The van der Waals surface area contributed by atoms with Crippen molar-refractivity contribution in [3.8, 4) is 5.75 Å². The van der Waals surface area contributed by atoms with Crippen LogP contribution in [-0.2, 0) is 4.74 Å². The Labute approximate surface area is 157 Å². The standard InChI is InChI=1S/C20H32N4O2/c1-3-21-20(22-9-13-26-19-7-5-4-6-17(19)2)24-10-8-18(16-24)23-11-14-25-15-12-23/h4-7,18H,3,8-16H2,1-2H3,(H,21,22). The largest absolute Gasteiger partial charge is 0.491 e. The van der Waals surface area contributed by atoms with Gasteiger partial charge in [-0.15, -0.1) is 0 Å².